The third kappa shape index (κ3) is 3.37. The molecule has 3 heteroatoms. The van der Waals surface area contributed by atoms with Gasteiger partial charge in [0.2, 0.25) is 5.71 Å². The molecular formula is C18H22N2O. The molecule has 110 valence electrons. The van der Waals surface area contributed by atoms with Gasteiger partial charge in [0.05, 0.1) is 0 Å². The van der Waals surface area contributed by atoms with Crippen LogP contribution in [0.5, 0.6) is 0 Å². The maximum Gasteiger partial charge on any atom is 0.226 e. The van der Waals surface area contributed by atoms with Crippen LogP contribution >= 0.6 is 0 Å². The lowest BCUT2D eigenvalue weighted by atomic mass is 10.2. The van der Waals surface area contributed by atoms with Crippen LogP contribution in [0.15, 0.2) is 53.1 Å². The first-order valence-electron chi connectivity index (χ1n) is 7.20. The van der Waals surface area contributed by atoms with Crippen molar-refractivity contribution in [3.05, 3.63) is 59.4 Å². The molecule has 0 unspecified atom stereocenters. The molecule has 0 saturated heterocycles. The number of rotatable bonds is 5. The second kappa shape index (κ2) is 7.39. The molecule has 0 saturated carbocycles. The fraction of sp³-hybridized carbons (Fsp3) is 0.222. The lowest BCUT2D eigenvalue weighted by molar-refractivity contribution is 0.551. The number of aromatic nitrogens is 1. The van der Waals surface area contributed by atoms with Gasteiger partial charge in [-0.05, 0) is 32.4 Å². The van der Waals surface area contributed by atoms with Gasteiger partial charge < -0.3 is 9.84 Å². The number of allylic oxidation sites excluding steroid dienone is 6. The lowest BCUT2D eigenvalue weighted by Gasteiger charge is -1.97. The summed E-state index contributed by atoms with van der Waals surface area (Å²) in [5, 5.41) is 2.27. The molecule has 0 atom stereocenters. The van der Waals surface area contributed by atoms with E-state index in [0.717, 1.165) is 28.2 Å². The minimum Gasteiger partial charge on any atom is -0.438 e. The Bertz CT molecular complexity index is 785. The van der Waals surface area contributed by atoms with Crippen LogP contribution in [-0.4, -0.2) is 11.7 Å². The summed E-state index contributed by atoms with van der Waals surface area (Å²) in [7, 11) is 1.88. The fourth-order valence-electron chi connectivity index (χ4n) is 2.17. The molecule has 21 heavy (non-hydrogen) atoms. The predicted molar refractivity (Wildman–Crippen MR) is 91.1 cm³/mol. The number of furan rings is 1. The standard InChI is InChI=1S/C18H22N2O/c1-4-6-8-9-10-11-15-16-13-14-20(19-3)18(16)21-17(15)12-7-5-2/h4-9,11-14,19H,10H2,1-3H3/b6-4-,7-5+,9-8-,15-11-,17-12+. The van der Waals surface area contributed by atoms with Crippen LogP contribution in [0.2, 0.25) is 0 Å². The lowest BCUT2D eigenvalue weighted by Crippen LogP contribution is -2.19. The largest absolute Gasteiger partial charge is 0.438 e. The molecule has 2 heterocycles. The zero-order valence-electron chi connectivity index (χ0n) is 12.8. The van der Waals surface area contributed by atoms with E-state index in [1.165, 1.54) is 0 Å². The topological polar surface area (TPSA) is 30.1 Å². The first-order valence-corrected chi connectivity index (χ1v) is 7.20. The van der Waals surface area contributed by atoms with Crippen molar-refractivity contribution in [1.29, 1.82) is 0 Å². The van der Waals surface area contributed by atoms with Crippen LogP contribution < -0.4 is 16.1 Å². The molecule has 0 fully saturated rings. The number of nitrogens with one attached hydrogen (secondary N) is 1. The number of nitrogens with zero attached hydrogens (tertiary/aromatic N) is 1. The van der Waals surface area contributed by atoms with Crippen LogP contribution in [0.3, 0.4) is 0 Å². The molecular weight excluding hydrogens is 260 g/mol. The smallest absolute Gasteiger partial charge is 0.226 e. The van der Waals surface area contributed by atoms with E-state index in [9.17, 15) is 0 Å². The van der Waals surface area contributed by atoms with Crippen molar-refractivity contribution in [2.75, 3.05) is 12.5 Å². The van der Waals surface area contributed by atoms with Crippen LogP contribution in [0.4, 0.5) is 0 Å². The highest BCUT2D eigenvalue weighted by molar-refractivity contribution is 5.77. The first-order chi connectivity index (χ1) is 10.3. The van der Waals surface area contributed by atoms with Gasteiger partial charge in [-0.15, -0.1) is 0 Å². The van der Waals surface area contributed by atoms with Gasteiger partial charge in [0.15, 0.2) is 0 Å². The Hall–Kier alpha value is -2.42. The Morgan fingerprint density at radius 2 is 2.00 bits per heavy atom. The van der Waals surface area contributed by atoms with E-state index < -0.39 is 0 Å². The minimum absolute atomic E-state index is 0.844. The van der Waals surface area contributed by atoms with Crippen molar-refractivity contribution >= 4 is 23.3 Å². The second-order valence-electron chi connectivity index (χ2n) is 4.59. The molecule has 0 aromatic carbocycles. The highest BCUT2D eigenvalue weighted by Gasteiger charge is 2.06. The molecule has 0 spiro atoms. The number of hydrogen-bond acceptors (Lipinski definition) is 2. The van der Waals surface area contributed by atoms with E-state index in [4.69, 9.17) is 4.42 Å². The van der Waals surface area contributed by atoms with E-state index in [0.29, 0.717) is 0 Å². The molecule has 0 bridgehead atoms. The third-order valence-corrected chi connectivity index (χ3v) is 3.18. The predicted octanol–water partition coefficient (Wildman–Crippen LogP) is 3.07. The molecule has 0 radical (unpaired) electrons. The Morgan fingerprint density at radius 1 is 1.19 bits per heavy atom. The SMILES string of the molecule is C/C=C\C=C/C\C=c1/c(=C\C=C\C)oc2c1ccn2NC. The van der Waals surface area contributed by atoms with Gasteiger partial charge in [0, 0.05) is 23.8 Å². The van der Waals surface area contributed by atoms with Gasteiger partial charge >= 0.3 is 0 Å². The van der Waals surface area contributed by atoms with E-state index in [2.05, 4.69) is 29.7 Å². The highest BCUT2D eigenvalue weighted by atomic mass is 16.3. The maximum atomic E-state index is 5.97. The van der Waals surface area contributed by atoms with E-state index in [1.54, 1.807) is 0 Å². The summed E-state index contributed by atoms with van der Waals surface area (Å²) in [4.78, 5) is 0. The molecule has 2 aromatic rings. The summed E-state index contributed by atoms with van der Waals surface area (Å²) in [6.45, 7) is 4.01. The highest BCUT2D eigenvalue weighted by Crippen LogP contribution is 2.08. The van der Waals surface area contributed by atoms with Gasteiger partial charge in [0.1, 0.15) is 5.42 Å². The van der Waals surface area contributed by atoms with Crippen molar-refractivity contribution in [1.82, 2.24) is 4.68 Å². The molecule has 0 aliphatic carbocycles. The Labute approximate surface area is 125 Å². The summed E-state index contributed by atoms with van der Waals surface area (Å²) in [6.07, 6.45) is 19.3. The van der Waals surface area contributed by atoms with Gasteiger partial charge in [-0.25, -0.2) is 4.68 Å². The quantitative estimate of drug-likeness (QED) is 0.854. The molecule has 3 nitrogen and oxygen atoms in total. The Kier molecular flexibility index (Phi) is 5.27. The Morgan fingerprint density at radius 3 is 2.71 bits per heavy atom. The van der Waals surface area contributed by atoms with Crippen molar-refractivity contribution in [2.45, 2.75) is 20.3 Å². The molecule has 0 aliphatic rings. The third-order valence-electron chi connectivity index (χ3n) is 3.18. The zero-order valence-corrected chi connectivity index (χ0v) is 12.8. The summed E-state index contributed by atoms with van der Waals surface area (Å²) >= 11 is 0. The number of hydrogen-bond donors (Lipinski definition) is 1. The van der Waals surface area contributed by atoms with E-state index in [1.807, 2.05) is 62.1 Å². The molecule has 0 aliphatic heterocycles. The number of fused-ring (bicyclic) bond motifs is 1. The van der Waals surface area contributed by atoms with Gasteiger partial charge in [0.25, 0.3) is 0 Å². The first kappa shape index (κ1) is 15.0. The summed E-state index contributed by atoms with van der Waals surface area (Å²) in [5.74, 6) is 0. The van der Waals surface area contributed by atoms with E-state index >= 15 is 0 Å². The van der Waals surface area contributed by atoms with Crippen LogP contribution in [0.25, 0.3) is 23.3 Å². The molecule has 2 rings (SSSR count). The average Bonchev–Trinajstić information content (AvgIpc) is 3.04. The van der Waals surface area contributed by atoms with Crippen LogP contribution in [0.1, 0.15) is 20.3 Å². The minimum atomic E-state index is 0.844. The van der Waals surface area contributed by atoms with Crippen LogP contribution in [-0.2, 0) is 0 Å². The summed E-state index contributed by atoms with van der Waals surface area (Å²) < 4.78 is 7.85. The van der Waals surface area contributed by atoms with E-state index in [-0.39, 0.29) is 0 Å². The van der Waals surface area contributed by atoms with Gasteiger partial charge in [-0.1, -0.05) is 42.5 Å². The second-order valence-corrected chi connectivity index (χ2v) is 4.59. The van der Waals surface area contributed by atoms with Crippen molar-refractivity contribution < 1.29 is 4.42 Å². The van der Waals surface area contributed by atoms with Crippen LogP contribution in [0, 0.1) is 0 Å². The van der Waals surface area contributed by atoms with Gasteiger partial charge in [-0.2, -0.15) is 0 Å². The average molecular weight is 282 g/mol. The summed E-state index contributed by atoms with van der Waals surface area (Å²) in [6, 6.07) is 2.07. The molecule has 1 N–H and O–H groups in total. The molecule has 2 aromatic heterocycles. The monoisotopic (exact) mass is 282 g/mol. The van der Waals surface area contributed by atoms with Crippen molar-refractivity contribution in [2.24, 2.45) is 0 Å². The van der Waals surface area contributed by atoms with Crippen molar-refractivity contribution in [3.8, 4) is 0 Å². The summed E-state index contributed by atoms with van der Waals surface area (Å²) in [5.41, 5.74) is 4.82. The Balaban J connectivity index is 2.52. The molecule has 0 amide bonds. The normalized spacial score (nSPS) is 14.6. The van der Waals surface area contributed by atoms with Gasteiger partial charge in [-0.3, -0.25) is 0 Å². The zero-order chi connectivity index (χ0) is 15.1. The maximum absolute atomic E-state index is 5.97. The van der Waals surface area contributed by atoms with Crippen molar-refractivity contribution in [3.63, 3.8) is 0 Å². The fourth-order valence-corrected chi connectivity index (χ4v) is 2.17.